The second-order valence-corrected chi connectivity index (χ2v) is 9.56. The molecule has 2 aromatic carbocycles. The number of nitrogens with one attached hydrogen (secondary N) is 2. The molecule has 0 radical (unpaired) electrons. The van der Waals surface area contributed by atoms with Crippen LogP contribution in [-0.2, 0) is 0 Å². The maximum absolute atomic E-state index is 10.4. The highest BCUT2D eigenvalue weighted by Gasteiger charge is 2.23. The molecule has 0 saturated carbocycles. The Balaban J connectivity index is 1.57. The Bertz CT molecular complexity index is 1540. The Hall–Kier alpha value is -4.19. The Labute approximate surface area is 213 Å². The zero-order valence-corrected chi connectivity index (χ0v) is 20.6. The quantitative estimate of drug-likeness (QED) is 0.346. The van der Waals surface area contributed by atoms with Crippen LogP contribution in [0.15, 0.2) is 66.0 Å². The minimum Gasteiger partial charge on any atom is -0.497 e. The standard InChI is InChI=1S/C28H24N6OS/c1-35-21-10-6-19(7-11-21)26-22(17-29)24(18-4-8-20(9-5-18)34-14-12-30-13-15-34)25-27(23-3-2-16-36-23)32-33-28(25)31-26/h2-11,16,30H,12-15H2,1H3,(H,31,32,33). The van der Waals surface area contributed by atoms with Gasteiger partial charge in [-0.1, -0.05) is 18.2 Å². The highest BCUT2D eigenvalue weighted by atomic mass is 32.1. The average molecular weight is 493 g/mol. The molecular formula is C28H24N6OS. The number of nitriles is 1. The van der Waals surface area contributed by atoms with Gasteiger partial charge in [-0.15, -0.1) is 11.3 Å². The van der Waals surface area contributed by atoms with Crippen molar-refractivity contribution < 1.29 is 4.74 Å². The van der Waals surface area contributed by atoms with E-state index in [-0.39, 0.29) is 0 Å². The largest absolute Gasteiger partial charge is 0.497 e. The molecule has 0 unspecified atom stereocenters. The molecule has 8 heteroatoms. The maximum Gasteiger partial charge on any atom is 0.157 e. The lowest BCUT2D eigenvalue weighted by molar-refractivity contribution is 0.415. The van der Waals surface area contributed by atoms with Gasteiger partial charge < -0.3 is 15.0 Å². The number of benzene rings is 2. The predicted molar refractivity (Wildman–Crippen MR) is 144 cm³/mol. The molecule has 4 heterocycles. The minimum atomic E-state index is 0.529. The molecule has 0 amide bonds. The smallest absolute Gasteiger partial charge is 0.157 e. The Morgan fingerprint density at radius 1 is 0.972 bits per heavy atom. The molecule has 178 valence electrons. The number of aromatic nitrogens is 3. The molecule has 1 aliphatic heterocycles. The van der Waals surface area contributed by atoms with E-state index >= 15 is 0 Å². The number of methoxy groups -OCH3 is 1. The summed E-state index contributed by atoms with van der Waals surface area (Å²) in [6.07, 6.45) is 0. The first-order valence-electron chi connectivity index (χ1n) is 11.8. The molecule has 6 rings (SSSR count). The van der Waals surface area contributed by atoms with E-state index in [1.165, 1.54) is 5.69 Å². The molecule has 7 nitrogen and oxygen atoms in total. The van der Waals surface area contributed by atoms with Gasteiger partial charge in [0.2, 0.25) is 0 Å². The van der Waals surface area contributed by atoms with Crippen LogP contribution in [0.25, 0.3) is 44.0 Å². The van der Waals surface area contributed by atoms with Gasteiger partial charge in [0.15, 0.2) is 5.65 Å². The highest BCUT2D eigenvalue weighted by molar-refractivity contribution is 7.13. The summed E-state index contributed by atoms with van der Waals surface area (Å²) in [7, 11) is 1.64. The van der Waals surface area contributed by atoms with Gasteiger partial charge in [-0.25, -0.2) is 4.98 Å². The summed E-state index contributed by atoms with van der Waals surface area (Å²) >= 11 is 1.62. The fourth-order valence-corrected chi connectivity index (χ4v) is 5.49. The third-order valence-electron chi connectivity index (χ3n) is 6.58. The van der Waals surface area contributed by atoms with Crippen molar-refractivity contribution in [3.8, 4) is 44.8 Å². The van der Waals surface area contributed by atoms with E-state index in [2.05, 4.69) is 50.7 Å². The van der Waals surface area contributed by atoms with E-state index in [1.807, 2.05) is 41.8 Å². The van der Waals surface area contributed by atoms with Crippen LogP contribution >= 0.6 is 11.3 Å². The lowest BCUT2D eigenvalue weighted by Crippen LogP contribution is -2.43. The topological polar surface area (TPSA) is 89.9 Å². The van der Waals surface area contributed by atoms with E-state index in [9.17, 15) is 5.26 Å². The Morgan fingerprint density at radius 2 is 1.72 bits per heavy atom. The molecule has 1 aliphatic rings. The average Bonchev–Trinajstić information content (AvgIpc) is 3.63. The van der Waals surface area contributed by atoms with Crippen LogP contribution in [0.5, 0.6) is 5.75 Å². The highest BCUT2D eigenvalue weighted by Crippen LogP contribution is 2.41. The third-order valence-corrected chi connectivity index (χ3v) is 7.45. The number of anilines is 1. The van der Waals surface area contributed by atoms with Crippen molar-refractivity contribution in [3.63, 3.8) is 0 Å². The van der Waals surface area contributed by atoms with Crippen molar-refractivity contribution in [1.29, 1.82) is 5.26 Å². The molecule has 1 fully saturated rings. The number of pyridine rings is 1. The van der Waals surface area contributed by atoms with Crippen LogP contribution in [-0.4, -0.2) is 48.5 Å². The first-order valence-corrected chi connectivity index (χ1v) is 12.7. The summed E-state index contributed by atoms with van der Waals surface area (Å²) in [4.78, 5) is 8.30. The monoisotopic (exact) mass is 492 g/mol. The number of piperazine rings is 1. The van der Waals surface area contributed by atoms with Gasteiger partial charge in [-0.2, -0.15) is 10.4 Å². The molecule has 0 bridgehead atoms. The third kappa shape index (κ3) is 3.88. The van der Waals surface area contributed by atoms with Crippen LogP contribution in [0.4, 0.5) is 5.69 Å². The number of hydrogen-bond acceptors (Lipinski definition) is 7. The van der Waals surface area contributed by atoms with Crippen LogP contribution in [0.2, 0.25) is 0 Å². The van der Waals surface area contributed by atoms with Gasteiger partial charge >= 0.3 is 0 Å². The number of rotatable bonds is 5. The lowest BCUT2D eigenvalue weighted by Gasteiger charge is -2.29. The predicted octanol–water partition coefficient (Wildman–Crippen LogP) is 5.31. The van der Waals surface area contributed by atoms with E-state index in [0.717, 1.165) is 64.6 Å². The first-order chi connectivity index (χ1) is 17.8. The second kappa shape index (κ2) is 9.46. The number of nitrogens with zero attached hydrogens (tertiary/aromatic N) is 4. The first kappa shape index (κ1) is 22.3. The van der Waals surface area contributed by atoms with Gasteiger partial charge in [-0.3, -0.25) is 5.10 Å². The normalized spacial score (nSPS) is 13.6. The second-order valence-electron chi connectivity index (χ2n) is 8.61. The summed E-state index contributed by atoms with van der Waals surface area (Å²) in [5, 5.41) is 24.5. The maximum atomic E-state index is 10.4. The van der Waals surface area contributed by atoms with Crippen molar-refractivity contribution in [1.82, 2.24) is 20.5 Å². The summed E-state index contributed by atoms with van der Waals surface area (Å²) in [6, 6.07) is 22.7. The minimum absolute atomic E-state index is 0.529. The number of aromatic amines is 1. The molecule has 2 N–H and O–H groups in total. The molecular weight excluding hydrogens is 468 g/mol. The number of hydrogen-bond donors (Lipinski definition) is 2. The number of ether oxygens (including phenoxy) is 1. The zero-order valence-electron chi connectivity index (χ0n) is 19.8. The molecule has 0 aliphatic carbocycles. The van der Waals surface area contributed by atoms with E-state index in [1.54, 1.807) is 18.4 Å². The van der Waals surface area contributed by atoms with Crippen molar-refractivity contribution in [2.75, 3.05) is 38.2 Å². The molecule has 0 atom stereocenters. The Kier molecular flexibility index (Phi) is 5.85. The number of thiophene rings is 1. The van der Waals surface area contributed by atoms with Crippen LogP contribution < -0.4 is 15.0 Å². The van der Waals surface area contributed by atoms with Crippen molar-refractivity contribution in [2.45, 2.75) is 0 Å². The van der Waals surface area contributed by atoms with Crippen LogP contribution in [0.1, 0.15) is 5.56 Å². The molecule has 5 aromatic rings. The molecule has 36 heavy (non-hydrogen) atoms. The van der Waals surface area contributed by atoms with Crippen LogP contribution in [0.3, 0.4) is 0 Å². The number of H-pyrrole nitrogens is 1. The Morgan fingerprint density at radius 3 is 2.39 bits per heavy atom. The van der Waals surface area contributed by atoms with E-state index in [0.29, 0.717) is 16.9 Å². The fraction of sp³-hybridized carbons (Fsp3) is 0.179. The summed E-state index contributed by atoms with van der Waals surface area (Å²) in [5.74, 6) is 0.753. The SMILES string of the molecule is COc1ccc(-c2nc3[nH]nc(-c4cccs4)c3c(-c3ccc(N4CCNCC4)cc3)c2C#N)cc1. The van der Waals surface area contributed by atoms with E-state index in [4.69, 9.17) is 9.72 Å². The number of fused-ring (bicyclic) bond motifs is 1. The van der Waals surface area contributed by atoms with E-state index < -0.39 is 0 Å². The summed E-state index contributed by atoms with van der Waals surface area (Å²) < 4.78 is 5.32. The van der Waals surface area contributed by atoms with Gasteiger partial charge in [0.05, 0.1) is 28.6 Å². The van der Waals surface area contributed by atoms with Crippen LogP contribution in [0, 0.1) is 11.3 Å². The van der Waals surface area contributed by atoms with Gasteiger partial charge in [0.1, 0.15) is 17.5 Å². The van der Waals surface area contributed by atoms with Crippen molar-refractivity contribution >= 4 is 28.1 Å². The van der Waals surface area contributed by atoms with Gasteiger partial charge in [-0.05, 0) is 53.4 Å². The van der Waals surface area contributed by atoms with Gasteiger partial charge in [0.25, 0.3) is 0 Å². The van der Waals surface area contributed by atoms with Gasteiger partial charge in [0, 0.05) is 43.0 Å². The summed E-state index contributed by atoms with van der Waals surface area (Å²) in [6.45, 7) is 3.92. The fourth-order valence-electron chi connectivity index (χ4n) is 4.77. The van der Waals surface area contributed by atoms with Crippen molar-refractivity contribution in [2.24, 2.45) is 0 Å². The lowest BCUT2D eigenvalue weighted by atomic mass is 9.92. The zero-order chi connectivity index (χ0) is 24.5. The summed E-state index contributed by atoms with van der Waals surface area (Å²) in [5.41, 5.74) is 6.46. The molecule has 0 spiro atoms. The molecule has 1 saturated heterocycles. The van der Waals surface area contributed by atoms with Crippen molar-refractivity contribution in [3.05, 3.63) is 71.6 Å². The molecule has 3 aromatic heterocycles.